The molecule has 2 amide bonds. The zero-order valence-corrected chi connectivity index (χ0v) is 15.5. The van der Waals surface area contributed by atoms with Crippen LogP contribution in [-0.2, 0) is 9.59 Å². The monoisotopic (exact) mass is 342 g/mol. The SMILES string of the molecule is Cc1cccc(NC(=O)C2CCC(C(=O)N3CCCC(C)C3)CC2)c1. The van der Waals surface area contributed by atoms with Crippen LogP contribution in [0.2, 0.25) is 0 Å². The summed E-state index contributed by atoms with van der Waals surface area (Å²) in [6, 6.07) is 7.90. The van der Waals surface area contributed by atoms with Gasteiger partial charge in [0.2, 0.25) is 11.8 Å². The van der Waals surface area contributed by atoms with Crippen LogP contribution in [0.5, 0.6) is 0 Å². The lowest BCUT2D eigenvalue weighted by molar-refractivity contribution is -0.139. The van der Waals surface area contributed by atoms with Crippen LogP contribution in [-0.4, -0.2) is 29.8 Å². The zero-order valence-electron chi connectivity index (χ0n) is 15.5. The van der Waals surface area contributed by atoms with E-state index in [0.717, 1.165) is 56.4 Å². The van der Waals surface area contributed by atoms with E-state index < -0.39 is 0 Å². The van der Waals surface area contributed by atoms with Crippen molar-refractivity contribution in [1.29, 1.82) is 0 Å². The van der Waals surface area contributed by atoms with Crippen molar-refractivity contribution < 1.29 is 9.59 Å². The maximum atomic E-state index is 12.7. The molecular formula is C21H30N2O2. The molecule has 3 rings (SSSR count). The minimum absolute atomic E-state index is 0.0323. The summed E-state index contributed by atoms with van der Waals surface area (Å²) in [7, 11) is 0. The van der Waals surface area contributed by atoms with E-state index in [1.165, 1.54) is 6.42 Å². The molecule has 4 nitrogen and oxygen atoms in total. The van der Waals surface area contributed by atoms with Gasteiger partial charge in [0.1, 0.15) is 0 Å². The lowest BCUT2D eigenvalue weighted by Gasteiger charge is -2.35. The van der Waals surface area contributed by atoms with Gasteiger partial charge in [-0.2, -0.15) is 0 Å². The molecule has 0 bridgehead atoms. The molecular weight excluding hydrogens is 312 g/mol. The highest BCUT2D eigenvalue weighted by Gasteiger charge is 2.33. The van der Waals surface area contributed by atoms with E-state index in [4.69, 9.17) is 0 Å². The molecule has 2 aliphatic rings. The van der Waals surface area contributed by atoms with Gasteiger partial charge in [-0.1, -0.05) is 19.1 Å². The summed E-state index contributed by atoms with van der Waals surface area (Å²) < 4.78 is 0. The predicted octanol–water partition coefficient (Wildman–Crippen LogP) is 4.00. The van der Waals surface area contributed by atoms with Gasteiger partial charge >= 0.3 is 0 Å². The van der Waals surface area contributed by atoms with E-state index in [1.807, 2.05) is 31.2 Å². The highest BCUT2D eigenvalue weighted by molar-refractivity contribution is 5.92. The van der Waals surface area contributed by atoms with E-state index in [9.17, 15) is 9.59 Å². The Balaban J connectivity index is 1.49. The van der Waals surface area contributed by atoms with Gasteiger partial charge in [0.05, 0.1) is 0 Å². The molecule has 1 N–H and O–H groups in total. The Labute approximate surface area is 151 Å². The van der Waals surface area contributed by atoms with Crippen molar-refractivity contribution in [3.05, 3.63) is 29.8 Å². The van der Waals surface area contributed by atoms with Crippen molar-refractivity contribution in [3.63, 3.8) is 0 Å². The van der Waals surface area contributed by atoms with Gasteiger partial charge in [0, 0.05) is 30.6 Å². The molecule has 1 aliphatic carbocycles. The summed E-state index contributed by atoms with van der Waals surface area (Å²) in [5.74, 6) is 1.19. The number of aryl methyl sites for hydroxylation is 1. The van der Waals surface area contributed by atoms with E-state index in [-0.39, 0.29) is 17.7 Å². The summed E-state index contributed by atoms with van der Waals surface area (Å²) in [5, 5.41) is 3.03. The van der Waals surface area contributed by atoms with Crippen LogP contribution in [0.1, 0.15) is 51.0 Å². The number of carbonyl (C=O) groups excluding carboxylic acids is 2. The maximum absolute atomic E-state index is 12.7. The number of rotatable bonds is 3. The Hall–Kier alpha value is -1.84. The number of hydrogen-bond acceptors (Lipinski definition) is 2. The molecule has 1 saturated heterocycles. The fraction of sp³-hybridized carbons (Fsp3) is 0.619. The van der Waals surface area contributed by atoms with Crippen molar-refractivity contribution in [3.8, 4) is 0 Å². The van der Waals surface area contributed by atoms with Gasteiger partial charge in [0.25, 0.3) is 0 Å². The molecule has 1 aliphatic heterocycles. The predicted molar refractivity (Wildman–Crippen MR) is 100 cm³/mol. The largest absolute Gasteiger partial charge is 0.342 e. The third kappa shape index (κ3) is 4.62. The lowest BCUT2D eigenvalue weighted by Crippen LogP contribution is -2.43. The highest BCUT2D eigenvalue weighted by Crippen LogP contribution is 2.32. The molecule has 0 aromatic heterocycles. The number of nitrogens with one attached hydrogen (secondary N) is 1. The van der Waals surface area contributed by atoms with E-state index in [1.54, 1.807) is 0 Å². The first-order chi connectivity index (χ1) is 12.0. The molecule has 4 heteroatoms. The van der Waals surface area contributed by atoms with Crippen LogP contribution in [0.25, 0.3) is 0 Å². The Morgan fingerprint density at radius 2 is 1.80 bits per heavy atom. The minimum atomic E-state index is 0.0323. The van der Waals surface area contributed by atoms with Crippen LogP contribution in [0.15, 0.2) is 24.3 Å². The number of hydrogen-bond donors (Lipinski definition) is 1. The fourth-order valence-corrected chi connectivity index (χ4v) is 4.22. The second kappa shape index (κ2) is 8.03. The number of amides is 2. The molecule has 0 radical (unpaired) electrons. The average molecular weight is 342 g/mol. The topological polar surface area (TPSA) is 49.4 Å². The first-order valence-electron chi connectivity index (χ1n) is 9.69. The summed E-state index contributed by atoms with van der Waals surface area (Å²) in [6.45, 7) is 6.07. The van der Waals surface area contributed by atoms with Crippen molar-refractivity contribution in [2.45, 2.75) is 52.4 Å². The number of benzene rings is 1. The van der Waals surface area contributed by atoms with Gasteiger partial charge in [-0.15, -0.1) is 0 Å². The van der Waals surface area contributed by atoms with E-state index in [2.05, 4.69) is 17.1 Å². The normalized spacial score (nSPS) is 27.0. The van der Waals surface area contributed by atoms with Crippen molar-refractivity contribution in [2.24, 2.45) is 17.8 Å². The molecule has 1 unspecified atom stereocenters. The molecule has 1 atom stereocenters. The third-order valence-electron chi connectivity index (χ3n) is 5.70. The first kappa shape index (κ1) is 18.0. The molecule has 1 saturated carbocycles. The standard InChI is InChI=1S/C21H30N2O2/c1-15-5-3-7-19(13-15)22-20(24)17-8-10-18(11-9-17)21(25)23-12-4-6-16(2)14-23/h3,5,7,13,16-18H,4,6,8-12,14H2,1-2H3,(H,22,24). The van der Waals surface area contributed by atoms with Crippen LogP contribution in [0.4, 0.5) is 5.69 Å². The number of piperidine rings is 1. The zero-order chi connectivity index (χ0) is 17.8. The second-order valence-electron chi connectivity index (χ2n) is 7.94. The number of nitrogens with zero attached hydrogens (tertiary/aromatic N) is 1. The Kier molecular flexibility index (Phi) is 5.77. The van der Waals surface area contributed by atoms with Gasteiger partial charge < -0.3 is 10.2 Å². The van der Waals surface area contributed by atoms with Gasteiger partial charge in [-0.05, 0) is 69.1 Å². The molecule has 1 aromatic rings. The van der Waals surface area contributed by atoms with Crippen LogP contribution in [0.3, 0.4) is 0 Å². The Morgan fingerprint density at radius 3 is 2.48 bits per heavy atom. The van der Waals surface area contributed by atoms with E-state index >= 15 is 0 Å². The molecule has 1 heterocycles. The van der Waals surface area contributed by atoms with Crippen molar-refractivity contribution >= 4 is 17.5 Å². The fourth-order valence-electron chi connectivity index (χ4n) is 4.22. The minimum Gasteiger partial charge on any atom is -0.342 e. The van der Waals surface area contributed by atoms with Crippen molar-refractivity contribution in [2.75, 3.05) is 18.4 Å². The second-order valence-corrected chi connectivity index (χ2v) is 7.94. The molecule has 25 heavy (non-hydrogen) atoms. The quantitative estimate of drug-likeness (QED) is 0.902. The van der Waals surface area contributed by atoms with Crippen LogP contribution < -0.4 is 5.32 Å². The van der Waals surface area contributed by atoms with Gasteiger partial charge in [0.15, 0.2) is 0 Å². The number of carbonyl (C=O) groups is 2. The van der Waals surface area contributed by atoms with Gasteiger partial charge in [-0.25, -0.2) is 0 Å². The average Bonchev–Trinajstić information content (AvgIpc) is 2.61. The summed E-state index contributed by atoms with van der Waals surface area (Å²) in [5.41, 5.74) is 2.01. The smallest absolute Gasteiger partial charge is 0.227 e. The van der Waals surface area contributed by atoms with Crippen LogP contribution in [0, 0.1) is 24.7 Å². The Morgan fingerprint density at radius 1 is 1.08 bits per heavy atom. The number of anilines is 1. The van der Waals surface area contributed by atoms with Crippen LogP contribution >= 0.6 is 0 Å². The molecule has 1 aromatic carbocycles. The highest BCUT2D eigenvalue weighted by atomic mass is 16.2. The first-order valence-corrected chi connectivity index (χ1v) is 9.69. The lowest BCUT2D eigenvalue weighted by atomic mass is 9.80. The number of likely N-dealkylation sites (tertiary alicyclic amines) is 1. The molecule has 0 spiro atoms. The van der Waals surface area contributed by atoms with E-state index in [0.29, 0.717) is 11.8 Å². The van der Waals surface area contributed by atoms with Crippen molar-refractivity contribution in [1.82, 2.24) is 4.90 Å². The summed E-state index contributed by atoms with van der Waals surface area (Å²) in [6.07, 6.45) is 5.68. The maximum Gasteiger partial charge on any atom is 0.227 e. The Bertz CT molecular complexity index is 620. The third-order valence-corrected chi connectivity index (χ3v) is 5.70. The summed E-state index contributed by atoms with van der Waals surface area (Å²) >= 11 is 0. The molecule has 2 fully saturated rings. The molecule has 136 valence electrons. The summed E-state index contributed by atoms with van der Waals surface area (Å²) in [4.78, 5) is 27.3. The van der Waals surface area contributed by atoms with Gasteiger partial charge in [-0.3, -0.25) is 9.59 Å².